The Balaban J connectivity index is 1.42. The lowest BCUT2D eigenvalue weighted by Gasteiger charge is -2.16. The molecular weight excluding hydrogens is 483 g/mol. The van der Waals surface area contributed by atoms with Crippen LogP contribution in [0.2, 0.25) is 0 Å². The number of thioether (sulfide) groups is 2. The second-order valence-corrected chi connectivity index (χ2v) is 11.1. The Morgan fingerprint density at radius 1 is 0.875 bits per heavy atom. The first-order chi connectivity index (χ1) is 15.6. The van der Waals surface area contributed by atoms with Crippen LogP contribution in [-0.2, 0) is 16.3 Å². The fourth-order valence-electron chi connectivity index (χ4n) is 3.07. The van der Waals surface area contributed by atoms with Gasteiger partial charge >= 0.3 is 6.03 Å². The van der Waals surface area contributed by atoms with E-state index in [0.717, 1.165) is 30.4 Å². The number of imide groups is 1. The van der Waals surface area contributed by atoms with Crippen LogP contribution in [0.15, 0.2) is 63.3 Å². The number of hydrogen-bond acceptors (Lipinski definition) is 9. The standard InChI is InChI=1S/C21H15N5O2S4/c22-18-17(19(27)26-21(28)25-18)20(29-9-15-23-11-5-1-3-7-13(11)31-15)30-10-16-24-12-6-2-4-8-14(12)32-16/h1-8H,9-10H2,(H3,22,25,26,27,28). The predicted molar refractivity (Wildman–Crippen MR) is 134 cm³/mol. The SMILES string of the molecule is NC1=NC(=O)NC(=O)C1=C(SCc1nc2ccccc2s1)SCc1nc2ccccc2s1. The number of nitrogens with zero attached hydrogens (tertiary/aromatic N) is 3. The summed E-state index contributed by atoms with van der Waals surface area (Å²) < 4.78 is 2.91. The topological polar surface area (TPSA) is 110 Å². The number of urea groups is 1. The van der Waals surface area contributed by atoms with Gasteiger partial charge in [0.2, 0.25) is 0 Å². The summed E-state index contributed by atoms with van der Waals surface area (Å²) in [7, 11) is 0. The molecule has 7 nitrogen and oxygen atoms in total. The number of carbonyl (C=O) groups excluding carboxylic acids is 2. The Kier molecular flexibility index (Phi) is 5.96. The average molecular weight is 498 g/mol. The number of thiazole rings is 2. The van der Waals surface area contributed by atoms with Gasteiger partial charge < -0.3 is 5.73 Å². The molecule has 0 atom stereocenters. The third kappa shape index (κ3) is 4.42. The molecule has 4 aromatic rings. The Bertz CT molecular complexity index is 1280. The van der Waals surface area contributed by atoms with Crippen LogP contribution in [-0.4, -0.2) is 27.7 Å². The largest absolute Gasteiger partial charge is 0.383 e. The van der Waals surface area contributed by atoms with Gasteiger partial charge in [-0.2, -0.15) is 4.99 Å². The maximum atomic E-state index is 12.6. The second kappa shape index (κ2) is 9.02. The smallest absolute Gasteiger partial charge is 0.349 e. The maximum Gasteiger partial charge on any atom is 0.349 e. The van der Waals surface area contributed by atoms with E-state index in [0.29, 0.717) is 15.7 Å². The number of fused-ring (bicyclic) bond motifs is 2. The van der Waals surface area contributed by atoms with Crippen molar-refractivity contribution in [3.8, 4) is 0 Å². The van der Waals surface area contributed by atoms with Crippen LogP contribution in [0.25, 0.3) is 20.4 Å². The lowest BCUT2D eigenvalue weighted by atomic mass is 10.2. The van der Waals surface area contributed by atoms with Gasteiger partial charge in [-0.1, -0.05) is 24.3 Å². The van der Waals surface area contributed by atoms with Crippen molar-refractivity contribution in [3.05, 3.63) is 68.4 Å². The van der Waals surface area contributed by atoms with Crippen LogP contribution in [0, 0.1) is 0 Å². The Labute approximate surface area is 199 Å². The van der Waals surface area contributed by atoms with Crippen molar-refractivity contribution < 1.29 is 9.59 Å². The average Bonchev–Trinajstić information content (AvgIpc) is 3.37. The van der Waals surface area contributed by atoms with Crippen LogP contribution in [0.4, 0.5) is 4.79 Å². The number of para-hydroxylation sites is 2. The highest BCUT2D eigenvalue weighted by molar-refractivity contribution is 8.21. The van der Waals surface area contributed by atoms with Gasteiger partial charge in [-0.25, -0.2) is 14.8 Å². The number of aliphatic imine (C=N–C) groups is 1. The Morgan fingerprint density at radius 3 is 1.91 bits per heavy atom. The summed E-state index contributed by atoms with van der Waals surface area (Å²) in [5.41, 5.74) is 8.10. The fourth-order valence-corrected chi connectivity index (χ4v) is 7.43. The van der Waals surface area contributed by atoms with Crippen molar-refractivity contribution in [2.75, 3.05) is 0 Å². The van der Waals surface area contributed by atoms with Crippen molar-refractivity contribution in [2.45, 2.75) is 11.5 Å². The molecule has 160 valence electrons. The third-order valence-corrected chi connectivity index (χ3v) is 9.37. The van der Waals surface area contributed by atoms with Crippen LogP contribution in [0.1, 0.15) is 10.0 Å². The summed E-state index contributed by atoms with van der Waals surface area (Å²) in [5.74, 6) is 0.535. The van der Waals surface area contributed by atoms with E-state index in [1.165, 1.54) is 23.5 Å². The molecule has 0 fully saturated rings. The first-order valence-corrected chi connectivity index (χ1v) is 13.1. The molecule has 0 aliphatic carbocycles. The number of rotatable bonds is 6. The van der Waals surface area contributed by atoms with E-state index < -0.39 is 11.9 Å². The van der Waals surface area contributed by atoms with E-state index in [1.807, 2.05) is 48.5 Å². The van der Waals surface area contributed by atoms with Crippen LogP contribution < -0.4 is 11.1 Å². The van der Waals surface area contributed by atoms with Gasteiger partial charge in [0.15, 0.2) is 0 Å². The second-order valence-electron chi connectivity index (χ2n) is 6.65. The highest BCUT2D eigenvalue weighted by Crippen LogP contribution is 2.39. The van der Waals surface area contributed by atoms with Gasteiger partial charge in [-0.15, -0.1) is 46.2 Å². The minimum Gasteiger partial charge on any atom is -0.383 e. The lowest BCUT2D eigenvalue weighted by molar-refractivity contribution is -0.116. The number of benzene rings is 2. The quantitative estimate of drug-likeness (QED) is 0.365. The maximum absolute atomic E-state index is 12.6. The van der Waals surface area contributed by atoms with E-state index in [9.17, 15) is 9.59 Å². The molecule has 0 spiro atoms. The normalized spacial score (nSPS) is 14.1. The molecule has 0 saturated heterocycles. The van der Waals surface area contributed by atoms with Crippen molar-refractivity contribution in [3.63, 3.8) is 0 Å². The van der Waals surface area contributed by atoms with Gasteiger partial charge in [0.1, 0.15) is 21.4 Å². The predicted octanol–water partition coefficient (Wildman–Crippen LogP) is 4.89. The molecule has 5 rings (SSSR count). The van der Waals surface area contributed by atoms with E-state index in [1.54, 1.807) is 22.7 Å². The number of hydrogen-bond donors (Lipinski definition) is 2. The number of amidine groups is 1. The first kappa shape index (κ1) is 21.1. The summed E-state index contributed by atoms with van der Waals surface area (Å²) >= 11 is 6.16. The van der Waals surface area contributed by atoms with E-state index >= 15 is 0 Å². The van der Waals surface area contributed by atoms with Gasteiger partial charge in [0.25, 0.3) is 5.91 Å². The molecule has 0 radical (unpaired) electrons. The zero-order valence-electron chi connectivity index (χ0n) is 16.4. The van der Waals surface area contributed by atoms with E-state index in [2.05, 4.69) is 20.3 Å². The first-order valence-electron chi connectivity index (χ1n) is 9.45. The molecule has 3 N–H and O–H groups in total. The van der Waals surface area contributed by atoms with Crippen molar-refractivity contribution in [1.29, 1.82) is 0 Å². The van der Waals surface area contributed by atoms with Crippen molar-refractivity contribution >= 4 is 84.4 Å². The van der Waals surface area contributed by atoms with E-state index in [4.69, 9.17) is 5.73 Å². The summed E-state index contributed by atoms with van der Waals surface area (Å²) in [6.45, 7) is 0. The number of carbonyl (C=O) groups is 2. The van der Waals surface area contributed by atoms with Gasteiger partial charge in [0, 0.05) is 0 Å². The van der Waals surface area contributed by atoms with Gasteiger partial charge in [-0.3, -0.25) is 10.1 Å². The fraction of sp³-hybridized carbons (Fsp3) is 0.0952. The summed E-state index contributed by atoms with van der Waals surface area (Å²) in [6.07, 6.45) is 0. The number of nitrogens with one attached hydrogen (secondary N) is 1. The van der Waals surface area contributed by atoms with Crippen molar-refractivity contribution in [1.82, 2.24) is 15.3 Å². The van der Waals surface area contributed by atoms with Crippen LogP contribution in [0.3, 0.4) is 0 Å². The Hall–Kier alpha value is -2.73. The van der Waals surface area contributed by atoms with Crippen molar-refractivity contribution in [2.24, 2.45) is 10.7 Å². The Morgan fingerprint density at radius 2 is 1.41 bits per heavy atom. The lowest BCUT2D eigenvalue weighted by Crippen LogP contribution is -2.40. The van der Waals surface area contributed by atoms with Crippen LogP contribution >= 0.6 is 46.2 Å². The molecule has 0 bridgehead atoms. The zero-order valence-corrected chi connectivity index (χ0v) is 19.7. The minimum atomic E-state index is -0.747. The minimum absolute atomic E-state index is 0.0673. The highest BCUT2D eigenvalue weighted by Gasteiger charge is 2.27. The number of nitrogens with two attached hydrogens (primary N) is 1. The summed E-state index contributed by atoms with van der Waals surface area (Å²) in [4.78, 5) is 37.2. The van der Waals surface area contributed by atoms with Gasteiger partial charge in [0.05, 0.1) is 36.2 Å². The van der Waals surface area contributed by atoms with Crippen LogP contribution in [0.5, 0.6) is 0 Å². The molecule has 0 saturated carbocycles. The monoisotopic (exact) mass is 497 g/mol. The third-order valence-electron chi connectivity index (χ3n) is 4.46. The highest BCUT2D eigenvalue weighted by atomic mass is 32.2. The summed E-state index contributed by atoms with van der Waals surface area (Å²) in [5, 5.41) is 4.11. The summed E-state index contributed by atoms with van der Waals surface area (Å²) in [6, 6.07) is 15.2. The molecule has 3 heterocycles. The molecule has 32 heavy (non-hydrogen) atoms. The van der Waals surface area contributed by atoms with Gasteiger partial charge in [-0.05, 0) is 24.3 Å². The number of aromatic nitrogens is 2. The molecular formula is C21H15N5O2S4. The zero-order chi connectivity index (χ0) is 22.1. The molecule has 1 aliphatic heterocycles. The molecule has 3 amide bonds. The number of amides is 3. The molecule has 1 aliphatic rings. The molecule has 2 aromatic carbocycles. The van der Waals surface area contributed by atoms with E-state index in [-0.39, 0.29) is 11.4 Å². The molecule has 2 aromatic heterocycles. The molecule has 0 unspecified atom stereocenters. The molecule has 11 heteroatoms.